The minimum atomic E-state index is 0.290. The first kappa shape index (κ1) is 13.6. The summed E-state index contributed by atoms with van der Waals surface area (Å²) in [5.41, 5.74) is 8.29. The molecule has 0 bridgehead atoms. The van der Waals surface area contributed by atoms with E-state index in [1.54, 1.807) is 0 Å². The lowest BCUT2D eigenvalue weighted by molar-refractivity contribution is 0.185. The van der Waals surface area contributed by atoms with E-state index in [9.17, 15) is 0 Å². The van der Waals surface area contributed by atoms with Gasteiger partial charge in [0.2, 0.25) is 0 Å². The molecule has 1 heteroatoms. The Hall–Kier alpha value is -0.820. The molecule has 0 radical (unpaired) electrons. The molecule has 100 valence electrons. The average molecular weight is 245 g/mol. The lowest BCUT2D eigenvalue weighted by atomic mass is 9.59. The van der Waals surface area contributed by atoms with E-state index in [0.717, 1.165) is 5.92 Å². The highest BCUT2D eigenvalue weighted by Crippen LogP contribution is 2.46. The zero-order valence-electron chi connectivity index (χ0n) is 11.9. The van der Waals surface area contributed by atoms with E-state index < -0.39 is 0 Å². The lowest BCUT2D eigenvalue weighted by Crippen LogP contribution is -2.50. The zero-order valence-corrected chi connectivity index (χ0v) is 11.9. The van der Waals surface area contributed by atoms with E-state index in [4.69, 9.17) is 5.73 Å². The van der Waals surface area contributed by atoms with Gasteiger partial charge in [0.15, 0.2) is 0 Å². The molecular formula is C17H27N. The summed E-state index contributed by atoms with van der Waals surface area (Å²) >= 11 is 0. The molecule has 18 heavy (non-hydrogen) atoms. The van der Waals surface area contributed by atoms with Crippen molar-refractivity contribution in [2.75, 3.05) is 0 Å². The molecule has 2 N–H and O–H groups in total. The van der Waals surface area contributed by atoms with Crippen LogP contribution in [0, 0.1) is 5.92 Å². The van der Waals surface area contributed by atoms with Crippen LogP contribution in [-0.4, -0.2) is 6.04 Å². The van der Waals surface area contributed by atoms with Crippen molar-refractivity contribution in [2.24, 2.45) is 11.7 Å². The van der Waals surface area contributed by atoms with Crippen LogP contribution in [0.2, 0.25) is 0 Å². The Morgan fingerprint density at radius 1 is 1.11 bits per heavy atom. The molecule has 1 unspecified atom stereocenters. The second kappa shape index (κ2) is 5.88. The molecule has 2 rings (SSSR count). The number of hydrogen-bond acceptors (Lipinski definition) is 1. The average Bonchev–Trinajstić information content (AvgIpc) is 2.28. The van der Waals surface area contributed by atoms with Gasteiger partial charge in [0.25, 0.3) is 0 Å². The molecule has 0 amide bonds. The van der Waals surface area contributed by atoms with E-state index in [1.165, 1.54) is 44.1 Å². The molecule has 0 aromatic heterocycles. The highest BCUT2D eigenvalue weighted by atomic mass is 14.7. The summed E-state index contributed by atoms with van der Waals surface area (Å²) in [6, 6.07) is 11.3. The van der Waals surface area contributed by atoms with Crippen molar-refractivity contribution in [3.63, 3.8) is 0 Å². The SMILES string of the molecule is CC(C)CCCC(N)C1(c2ccccc2)CCC1. The second-order valence-corrected chi connectivity index (χ2v) is 6.31. The number of hydrogen-bond donors (Lipinski definition) is 1. The predicted molar refractivity (Wildman–Crippen MR) is 78.6 cm³/mol. The normalized spacial score (nSPS) is 19.6. The molecule has 1 aromatic carbocycles. The molecule has 1 nitrogen and oxygen atoms in total. The maximum atomic E-state index is 6.53. The molecule has 0 aliphatic heterocycles. The molecule has 1 saturated carbocycles. The van der Waals surface area contributed by atoms with Crippen LogP contribution in [0.4, 0.5) is 0 Å². The fourth-order valence-electron chi connectivity index (χ4n) is 3.22. The molecule has 1 atom stereocenters. The summed E-state index contributed by atoms with van der Waals surface area (Å²) in [5.74, 6) is 0.797. The van der Waals surface area contributed by atoms with Gasteiger partial charge in [-0.15, -0.1) is 0 Å². The monoisotopic (exact) mass is 245 g/mol. The number of nitrogens with two attached hydrogens (primary N) is 1. The first-order chi connectivity index (χ1) is 8.65. The molecule has 1 aliphatic rings. The minimum absolute atomic E-state index is 0.290. The van der Waals surface area contributed by atoms with E-state index in [0.29, 0.717) is 6.04 Å². The zero-order chi connectivity index (χ0) is 13.0. The van der Waals surface area contributed by atoms with Gasteiger partial charge in [0, 0.05) is 11.5 Å². The van der Waals surface area contributed by atoms with Crippen LogP contribution in [0.3, 0.4) is 0 Å². The van der Waals surface area contributed by atoms with E-state index in [1.807, 2.05) is 0 Å². The maximum absolute atomic E-state index is 6.53. The van der Waals surface area contributed by atoms with Crippen LogP contribution in [-0.2, 0) is 5.41 Å². The van der Waals surface area contributed by atoms with E-state index in [-0.39, 0.29) is 5.41 Å². The largest absolute Gasteiger partial charge is 0.327 e. The van der Waals surface area contributed by atoms with Gasteiger partial charge in [-0.25, -0.2) is 0 Å². The standard InChI is InChI=1S/C17H27N/c1-14(2)8-6-11-16(18)17(12-7-13-17)15-9-4-3-5-10-15/h3-5,9-10,14,16H,6-8,11-13,18H2,1-2H3. The van der Waals surface area contributed by atoms with Gasteiger partial charge in [-0.2, -0.15) is 0 Å². The minimum Gasteiger partial charge on any atom is -0.327 e. The summed E-state index contributed by atoms with van der Waals surface area (Å²) < 4.78 is 0. The summed E-state index contributed by atoms with van der Waals surface area (Å²) in [7, 11) is 0. The molecule has 1 aliphatic carbocycles. The summed E-state index contributed by atoms with van der Waals surface area (Å²) in [4.78, 5) is 0. The summed E-state index contributed by atoms with van der Waals surface area (Å²) in [6.45, 7) is 4.59. The Kier molecular flexibility index (Phi) is 4.45. The Morgan fingerprint density at radius 2 is 1.78 bits per heavy atom. The molecule has 0 heterocycles. The molecule has 0 spiro atoms. The van der Waals surface area contributed by atoms with Crippen LogP contribution in [0.1, 0.15) is 57.9 Å². The van der Waals surface area contributed by atoms with Crippen LogP contribution >= 0.6 is 0 Å². The van der Waals surface area contributed by atoms with Gasteiger partial charge >= 0.3 is 0 Å². The third-order valence-electron chi connectivity index (χ3n) is 4.60. The van der Waals surface area contributed by atoms with E-state index >= 15 is 0 Å². The summed E-state index contributed by atoms with van der Waals surface area (Å²) in [6.07, 6.45) is 7.64. The van der Waals surface area contributed by atoms with Gasteiger partial charge in [-0.1, -0.05) is 63.4 Å². The first-order valence-electron chi connectivity index (χ1n) is 7.46. The van der Waals surface area contributed by atoms with Crippen molar-refractivity contribution in [1.82, 2.24) is 0 Å². The van der Waals surface area contributed by atoms with Crippen molar-refractivity contribution in [2.45, 2.75) is 63.8 Å². The van der Waals surface area contributed by atoms with Crippen molar-refractivity contribution in [3.05, 3.63) is 35.9 Å². The fraction of sp³-hybridized carbons (Fsp3) is 0.647. The Balaban J connectivity index is 1.99. The van der Waals surface area contributed by atoms with Crippen molar-refractivity contribution < 1.29 is 0 Å². The Bertz CT molecular complexity index is 351. The third kappa shape index (κ3) is 2.77. The highest BCUT2D eigenvalue weighted by Gasteiger charge is 2.43. The number of rotatable bonds is 6. The Labute approximate surface area is 112 Å². The van der Waals surface area contributed by atoms with Gasteiger partial charge in [0.1, 0.15) is 0 Å². The van der Waals surface area contributed by atoms with Crippen LogP contribution in [0.25, 0.3) is 0 Å². The van der Waals surface area contributed by atoms with Gasteiger partial charge in [-0.05, 0) is 30.7 Å². The number of benzene rings is 1. The van der Waals surface area contributed by atoms with Crippen LogP contribution < -0.4 is 5.73 Å². The Morgan fingerprint density at radius 3 is 2.28 bits per heavy atom. The molecule has 0 saturated heterocycles. The van der Waals surface area contributed by atoms with Crippen molar-refractivity contribution in [3.8, 4) is 0 Å². The quantitative estimate of drug-likeness (QED) is 0.796. The van der Waals surface area contributed by atoms with Crippen molar-refractivity contribution >= 4 is 0 Å². The highest BCUT2D eigenvalue weighted by molar-refractivity contribution is 5.30. The maximum Gasteiger partial charge on any atom is 0.0136 e. The molecular weight excluding hydrogens is 218 g/mol. The van der Waals surface area contributed by atoms with Crippen LogP contribution in [0.5, 0.6) is 0 Å². The fourth-order valence-corrected chi connectivity index (χ4v) is 3.22. The van der Waals surface area contributed by atoms with Crippen LogP contribution in [0.15, 0.2) is 30.3 Å². The topological polar surface area (TPSA) is 26.0 Å². The summed E-state index contributed by atoms with van der Waals surface area (Å²) in [5, 5.41) is 0. The van der Waals surface area contributed by atoms with Gasteiger partial charge in [0.05, 0.1) is 0 Å². The smallest absolute Gasteiger partial charge is 0.0136 e. The molecule has 1 fully saturated rings. The molecule has 1 aromatic rings. The van der Waals surface area contributed by atoms with Gasteiger partial charge < -0.3 is 5.73 Å². The predicted octanol–water partition coefficient (Wildman–Crippen LogP) is 4.26. The second-order valence-electron chi connectivity index (χ2n) is 6.31. The first-order valence-corrected chi connectivity index (χ1v) is 7.46. The third-order valence-corrected chi connectivity index (χ3v) is 4.60. The van der Waals surface area contributed by atoms with E-state index in [2.05, 4.69) is 44.2 Å². The van der Waals surface area contributed by atoms with Crippen molar-refractivity contribution in [1.29, 1.82) is 0 Å². The lowest BCUT2D eigenvalue weighted by Gasteiger charge is -2.47. The van der Waals surface area contributed by atoms with Gasteiger partial charge in [-0.3, -0.25) is 0 Å².